The first kappa shape index (κ1) is 22.0. The number of hydrogen-bond acceptors (Lipinski definition) is 7. The zero-order valence-corrected chi connectivity index (χ0v) is 16.1. The fourth-order valence-electron chi connectivity index (χ4n) is 2.30. The predicted molar refractivity (Wildman–Crippen MR) is 89.6 cm³/mol. The molecule has 1 heterocycles. The fourth-order valence-corrected chi connectivity index (χ4v) is 2.89. The van der Waals surface area contributed by atoms with Gasteiger partial charge in [-0.3, -0.25) is 0 Å². The summed E-state index contributed by atoms with van der Waals surface area (Å²) in [5.74, 6) is 1.72. The quantitative estimate of drug-likeness (QED) is 0.294. The maximum Gasteiger partial charge on any atom is 0.511 e. The first-order chi connectivity index (χ1) is 13.1. The highest BCUT2D eigenvalue weighted by Gasteiger charge is 2.49. The van der Waals surface area contributed by atoms with Gasteiger partial charge in [-0.05, 0) is 30.7 Å². The van der Waals surface area contributed by atoms with Crippen LogP contribution in [0.15, 0.2) is 22.2 Å². The molecule has 0 saturated carbocycles. The van der Waals surface area contributed by atoms with Crippen molar-refractivity contribution in [2.24, 2.45) is 0 Å². The van der Waals surface area contributed by atoms with Gasteiger partial charge in [-0.25, -0.2) is 20.3 Å². The van der Waals surface area contributed by atoms with Crippen molar-refractivity contribution >= 4 is 34.1 Å². The van der Waals surface area contributed by atoms with E-state index < -0.39 is 36.8 Å². The van der Waals surface area contributed by atoms with Crippen molar-refractivity contribution in [1.29, 1.82) is 0 Å². The molecule has 1 unspecified atom stereocenters. The van der Waals surface area contributed by atoms with Crippen LogP contribution in [0.4, 0.5) is 18.0 Å². The average Bonchev–Trinajstić information content (AvgIpc) is 2.59. The maximum atomic E-state index is 13.4. The Hall–Kier alpha value is -2.31. The third kappa shape index (κ3) is 5.59. The largest absolute Gasteiger partial charge is 0.511 e. The maximum absolute atomic E-state index is 13.4. The van der Waals surface area contributed by atoms with Crippen LogP contribution in [-0.4, -0.2) is 44.4 Å². The Morgan fingerprint density at radius 1 is 1.21 bits per heavy atom. The number of quaternary nitrogens is 1. The zero-order chi connectivity index (χ0) is 20.9. The Balaban J connectivity index is 2.12. The van der Waals surface area contributed by atoms with Crippen molar-refractivity contribution in [3.05, 3.63) is 33.3 Å². The Morgan fingerprint density at radius 2 is 1.93 bits per heavy atom. The second-order valence-corrected chi connectivity index (χ2v) is 6.40. The van der Waals surface area contributed by atoms with Crippen LogP contribution in [0.5, 0.6) is 5.75 Å². The van der Waals surface area contributed by atoms with Crippen molar-refractivity contribution in [3.8, 4) is 5.75 Å². The summed E-state index contributed by atoms with van der Waals surface area (Å²) < 4.78 is 59.3. The van der Waals surface area contributed by atoms with E-state index in [0.717, 1.165) is 6.08 Å². The van der Waals surface area contributed by atoms with E-state index in [-0.39, 0.29) is 24.5 Å². The molecule has 28 heavy (non-hydrogen) atoms. The molecular formula is C16H16BrF3NO7+. The van der Waals surface area contributed by atoms with Gasteiger partial charge in [0, 0.05) is 10.0 Å². The van der Waals surface area contributed by atoms with Crippen LogP contribution < -0.4 is 10.6 Å². The smallest absolute Gasteiger partial charge is 0.475 e. The van der Waals surface area contributed by atoms with Crippen LogP contribution >= 0.6 is 15.9 Å². The number of ether oxygens (including phenoxy) is 4. The minimum atomic E-state index is -4.87. The van der Waals surface area contributed by atoms with Crippen molar-refractivity contribution in [1.82, 2.24) is 0 Å². The van der Waals surface area contributed by atoms with Gasteiger partial charge in [0.05, 0.1) is 5.57 Å². The van der Waals surface area contributed by atoms with E-state index in [1.807, 2.05) is 0 Å². The molecule has 0 amide bonds. The first-order valence-electron chi connectivity index (χ1n) is 7.72. The second kappa shape index (κ2) is 9.26. The van der Waals surface area contributed by atoms with E-state index in [4.69, 9.17) is 4.74 Å². The molecular weight excluding hydrogens is 455 g/mol. The standard InChI is InChI=1S/C16H16BrF3NO7/c1-8-4-10(17)5-9-6-11(13(16(18,19)20)28-12(8)9)14(22)25-7-26-15(23)24-2-3-27-21/h4-6,13H,2-3,7H2,1,21H3/q+1. The van der Waals surface area contributed by atoms with E-state index in [1.54, 1.807) is 13.0 Å². The molecule has 1 atom stereocenters. The van der Waals surface area contributed by atoms with Crippen molar-refractivity contribution in [3.63, 3.8) is 0 Å². The van der Waals surface area contributed by atoms with Crippen molar-refractivity contribution < 1.29 is 52.4 Å². The summed E-state index contributed by atoms with van der Waals surface area (Å²) in [6.07, 6.45) is -7.54. The summed E-state index contributed by atoms with van der Waals surface area (Å²) in [6, 6.07) is 3.09. The number of fused-ring (bicyclic) bond motifs is 1. The molecule has 1 aliphatic heterocycles. The molecule has 3 N–H and O–H groups in total. The molecule has 0 saturated heterocycles. The summed E-state index contributed by atoms with van der Waals surface area (Å²) >= 11 is 3.23. The van der Waals surface area contributed by atoms with Gasteiger partial charge in [-0.15, -0.1) is 0 Å². The first-order valence-corrected chi connectivity index (χ1v) is 8.51. The Kier molecular flexibility index (Phi) is 7.27. The van der Waals surface area contributed by atoms with Crippen LogP contribution in [0.1, 0.15) is 11.1 Å². The number of alkyl halides is 3. The zero-order valence-electron chi connectivity index (χ0n) is 14.5. The van der Waals surface area contributed by atoms with E-state index in [9.17, 15) is 22.8 Å². The lowest BCUT2D eigenvalue weighted by atomic mass is 9.99. The van der Waals surface area contributed by atoms with Gasteiger partial charge in [0.2, 0.25) is 12.9 Å². The minimum Gasteiger partial charge on any atom is -0.475 e. The molecule has 0 bridgehead atoms. The van der Waals surface area contributed by atoms with Crippen LogP contribution in [0, 0.1) is 6.92 Å². The SMILES string of the molecule is Cc1cc(Br)cc2c1OC(C(F)(F)F)C(C(=O)OCOC(=O)OCCO[NH3+])=C2. The molecule has 0 spiro atoms. The van der Waals surface area contributed by atoms with Crippen molar-refractivity contribution in [2.45, 2.75) is 19.2 Å². The molecule has 0 fully saturated rings. The molecule has 0 aliphatic carbocycles. The third-order valence-electron chi connectivity index (χ3n) is 3.44. The Bertz CT molecular complexity index is 782. The normalized spacial score (nSPS) is 15.8. The van der Waals surface area contributed by atoms with E-state index in [1.165, 1.54) is 6.07 Å². The molecule has 2 rings (SSSR count). The minimum absolute atomic E-state index is 0.00883. The lowest BCUT2D eigenvalue weighted by Gasteiger charge is -2.28. The van der Waals surface area contributed by atoms with Gasteiger partial charge in [-0.2, -0.15) is 13.2 Å². The number of aryl methyl sites for hydroxylation is 1. The number of benzene rings is 1. The van der Waals surface area contributed by atoms with Crippen molar-refractivity contribution in [2.75, 3.05) is 20.0 Å². The number of esters is 1. The number of carbonyl (C=O) groups excluding carboxylic acids is 2. The topological polar surface area (TPSA) is 108 Å². The lowest BCUT2D eigenvalue weighted by Crippen LogP contribution is -2.49. The molecule has 154 valence electrons. The van der Waals surface area contributed by atoms with Gasteiger partial charge in [0.15, 0.2) is 0 Å². The molecule has 12 heteroatoms. The van der Waals surface area contributed by atoms with Gasteiger partial charge < -0.3 is 18.9 Å². The summed E-state index contributed by atoms with van der Waals surface area (Å²) in [4.78, 5) is 27.7. The Labute approximate surface area is 165 Å². The average molecular weight is 471 g/mol. The summed E-state index contributed by atoms with van der Waals surface area (Å²) in [5, 5.41) is 0. The molecule has 1 aliphatic rings. The van der Waals surface area contributed by atoms with Crippen LogP contribution in [0.3, 0.4) is 0 Å². The lowest BCUT2D eigenvalue weighted by molar-refractivity contribution is -0.689. The third-order valence-corrected chi connectivity index (χ3v) is 3.90. The highest BCUT2D eigenvalue weighted by atomic mass is 79.9. The number of hydrogen-bond donors (Lipinski definition) is 1. The molecule has 0 aromatic heterocycles. The van der Waals surface area contributed by atoms with Gasteiger partial charge in [-0.1, -0.05) is 15.9 Å². The molecule has 1 aromatic carbocycles. The van der Waals surface area contributed by atoms with Crippen LogP contribution in [0.25, 0.3) is 6.08 Å². The van der Waals surface area contributed by atoms with Gasteiger partial charge >= 0.3 is 18.3 Å². The number of carbonyl (C=O) groups is 2. The highest BCUT2D eigenvalue weighted by molar-refractivity contribution is 9.10. The Morgan fingerprint density at radius 3 is 2.57 bits per heavy atom. The summed E-state index contributed by atoms with van der Waals surface area (Å²) in [6.45, 7) is 0.500. The van der Waals surface area contributed by atoms with Crippen LogP contribution in [0.2, 0.25) is 0 Å². The highest BCUT2D eigenvalue weighted by Crippen LogP contribution is 2.40. The molecule has 8 nitrogen and oxygen atoms in total. The summed E-state index contributed by atoms with van der Waals surface area (Å²) in [5.41, 5.74) is -0.0487. The summed E-state index contributed by atoms with van der Waals surface area (Å²) in [7, 11) is 0. The second-order valence-electron chi connectivity index (χ2n) is 5.48. The van der Waals surface area contributed by atoms with Gasteiger partial charge in [0.1, 0.15) is 19.0 Å². The van der Waals surface area contributed by atoms with E-state index in [2.05, 4.69) is 40.9 Å². The fraction of sp³-hybridized carbons (Fsp3) is 0.375. The van der Waals surface area contributed by atoms with Crippen LogP contribution in [-0.2, 0) is 23.8 Å². The predicted octanol–water partition coefficient (Wildman–Crippen LogP) is 2.29. The number of rotatable bonds is 6. The van der Waals surface area contributed by atoms with E-state index >= 15 is 0 Å². The molecule has 1 aromatic rings. The van der Waals surface area contributed by atoms with Gasteiger partial charge in [0.25, 0.3) is 0 Å². The molecule has 0 radical (unpaired) electrons. The number of halogens is 4. The monoisotopic (exact) mass is 470 g/mol. The van der Waals surface area contributed by atoms with E-state index in [0.29, 0.717) is 10.0 Å².